The molecule has 0 atom stereocenters. The smallest absolute Gasteiger partial charge is 0.0372 e. The summed E-state index contributed by atoms with van der Waals surface area (Å²) in [5.74, 6) is 0. The highest BCUT2D eigenvalue weighted by atomic mass is 79.9. The standard InChI is InChI=1S/C12H19BrN2/c1-9(2)14-8-10-5-6-11(15(3)4)7-12(10)13/h5-7,9,14H,8H2,1-4H3. The summed E-state index contributed by atoms with van der Waals surface area (Å²) in [6, 6.07) is 6.97. The van der Waals surface area contributed by atoms with Crippen LogP contribution >= 0.6 is 15.9 Å². The van der Waals surface area contributed by atoms with Crippen LogP contribution in [0.1, 0.15) is 19.4 Å². The second-order valence-corrected chi connectivity index (χ2v) is 5.06. The molecule has 1 N–H and O–H groups in total. The van der Waals surface area contributed by atoms with Crippen molar-refractivity contribution in [1.29, 1.82) is 0 Å². The first-order chi connectivity index (χ1) is 7.00. The molecule has 15 heavy (non-hydrogen) atoms. The number of anilines is 1. The molecule has 0 aromatic heterocycles. The Morgan fingerprint density at radius 3 is 2.47 bits per heavy atom. The summed E-state index contributed by atoms with van der Waals surface area (Å²) in [4.78, 5) is 2.10. The van der Waals surface area contributed by atoms with Crippen molar-refractivity contribution in [3.8, 4) is 0 Å². The molecular formula is C12H19BrN2. The van der Waals surface area contributed by atoms with Gasteiger partial charge in [-0.2, -0.15) is 0 Å². The zero-order valence-corrected chi connectivity index (χ0v) is 11.4. The molecule has 0 aliphatic carbocycles. The molecule has 0 saturated heterocycles. The molecule has 3 heteroatoms. The van der Waals surface area contributed by atoms with Crippen molar-refractivity contribution in [1.82, 2.24) is 5.32 Å². The van der Waals surface area contributed by atoms with Gasteiger partial charge < -0.3 is 10.2 Å². The normalized spacial score (nSPS) is 10.8. The highest BCUT2D eigenvalue weighted by molar-refractivity contribution is 9.10. The molecule has 0 bridgehead atoms. The number of benzene rings is 1. The monoisotopic (exact) mass is 270 g/mol. The average molecular weight is 271 g/mol. The van der Waals surface area contributed by atoms with E-state index in [0.717, 1.165) is 6.54 Å². The lowest BCUT2D eigenvalue weighted by Gasteiger charge is -2.15. The third-order valence-corrected chi connectivity index (χ3v) is 2.99. The number of hydrogen-bond donors (Lipinski definition) is 1. The van der Waals surface area contributed by atoms with Gasteiger partial charge in [0.1, 0.15) is 0 Å². The largest absolute Gasteiger partial charge is 0.378 e. The second-order valence-electron chi connectivity index (χ2n) is 4.21. The molecule has 0 unspecified atom stereocenters. The number of rotatable bonds is 4. The minimum Gasteiger partial charge on any atom is -0.378 e. The summed E-state index contributed by atoms with van der Waals surface area (Å²) in [6.45, 7) is 5.22. The number of halogens is 1. The van der Waals surface area contributed by atoms with Crippen LogP contribution in [0.2, 0.25) is 0 Å². The van der Waals surface area contributed by atoms with Crippen LogP contribution in [0.5, 0.6) is 0 Å². The molecule has 84 valence electrons. The van der Waals surface area contributed by atoms with Gasteiger partial charge in [-0.05, 0) is 17.7 Å². The minimum atomic E-state index is 0.519. The molecule has 0 aliphatic heterocycles. The zero-order valence-electron chi connectivity index (χ0n) is 9.84. The van der Waals surface area contributed by atoms with E-state index < -0.39 is 0 Å². The van der Waals surface area contributed by atoms with Crippen LogP contribution < -0.4 is 10.2 Å². The fourth-order valence-electron chi connectivity index (χ4n) is 1.27. The Labute approximate surface area is 101 Å². The van der Waals surface area contributed by atoms with Gasteiger partial charge in [0.05, 0.1) is 0 Å². The van der Waals surface area contributed by atoms with Gasteiger partial charge in [0.15, 0.2) is 0 Å². The van der Waals surface area contributed by atoms with Crippen LogP contribution in [0.4, 0.5) is 5.69 Å². The molecule has 0 saturated carbocycles. The van der Waals surface area contributed by atoms with Crippen LogP contribution in [0.15, 0.2) is 22.7 Å². The molecule has 0 spiro atoms. The van der Waals surface area contributed by atoms with Crippen molar-refractivity contribution in [2.75, 3.05) is 19.0 Å². The van der Waals surface area contributed by atoms with Crippen LogP contribution in [0.25, 0.3) is 0 Å². The van der Waals surface area contributed by atoms with E-state index >= 15 is 0 Å². The van der Waals surface area contributed by atoms with E-state index in [-0.39, 0.29) is 0 Å². The minimum absolute atomic E-state index is 0.519. The van der Waals surface area contributed by atoms with E-state index in [1.54, 1.807) is 0 Å². The summed E-state index contributed by atoms with van der Waals surface area (Å²) < 4.78 is 1.17. The maximum atomic E-state index is 3.60. The molecule has 0 radical (unpaired) electrons. The van der Waals surface area contributed by atoms with Crippen LogP contribution in [-0.2, 0) is 6.54 Å². The summed E-state index contributed by atoms with van der Waals surface area (Å²) >= 11 is 3.60. The average Bonchev–Trinajstić information content (AvgIpc) is 2.15. The lowest BCUT2D eigenvalue weighted by Crippen LogP contribution is -2.22. The molecule has 0 heterocycles. The van der Waals surface area contributed by atoms with Crippen molar-refractivity contribution >= 4 is 21.6 Å². The van der Waals surface area contributed by atoms with Crippen molar-refractivity contribution in [3.05, 3.63) is 28.2 Å². The Bertz CT molecular complexity index is 321. The number of nitrogens with one attached hydrogen (secondary N) is 1. The number of hydrogen-bond acceptors (Lipinski definition) is 2. The van der Waals surface area contributed by atoms with Crippen LogP contribution in [-0.4, -0.2) is 20.1 Å². The molecule has 0 fully saturated rings. The predicted octanol–water partition coefficient (Wildman–Crippen LogP) is 3.01. The Hall–Kier alpha value is -0.540. The Morgan fingerprint density at radius 1 is 1.33 bits per heavy atom. The quantitative estimate of drug-likeness (QED) is 0.905. The topological polar surface area (TPSA) is 15.3 Å². The fourth-order valence-corrected chi connectivity index (χ4v) is 1.78. The zero-order chi connectivity index (χ0) is 11.4. The molecule has 0 amide bonds. The Morgan fingerprint density at radius 2 is 2.00 bits per heavy atom. The summed E-state index contributed by atoms with van der Waals surface area (Å²) in [7, 11) is 4.10. The van der Waals surface area contributed by atoms with E-state index in [1.165, 1.54) is 15.7 Å². The van der Waals surface area contributed by atoms with Gasteiger partial charge in [-0.25, -0.2) is 0 Å². The van der Waals surface area contributed by atoms with Gasteiger partial charge in [0, 0.05) is 36.8 Å². The first-order valence-electron chi connectivity index (χ1n) is 5.20. The molecule has 1 aromatic carbocycles. The van der Waals surface area contributed by atoms with E-state index in [2.05, 4.69) is 58.2 Å². The van der Waals surface area contributed by atoms with Crippen LogP contribution in [0.3, 0.4) is 0 Å². The fraction of sp³-hybridized carbons (Fsp3) is 0.500. The molecule has 2 nitrogen and oxygen atoms in total. The van der Waals surface area contributed by atoms with Crippen molar-refractivity contribution in [3.63, 3.8) is 0 Å². The van der Waals surface area contributed by atoms with E-state index in [0.29, 0.717) is 6.04 Å². The first kappa shape index (κ1) is 12.5. The lowest BCUT2D eigenvalue weighted by atomic mass is 10.2. The summed E-state index contributed by atoms with van der Waals surface area (Å²) in [5.41, 5.74) is 2.52. The Balaban J connectivity index is 2.75. The van der Waals surface area contributed by atoms with Crippen molar-refractivity contribution in [2.24, 2.45) is 0 Å². The molecule has 0 aliphatic rings. The van der Waals surface area contributed by atoms with Gasteiger partial charge in [-0.3, -0.25) is 0 Å². The molecule has 1 rings (SSSR count). The predicted molar refractivity (Wildman–Crippen MR) is 70.4 cm³/mol. The summed E-state index contributed by atoms with van der Waals surface area (Å²) in [6.07, 6.45) is 0. The third kappa shape index (κ3) is 3.84. The molecule has 1 aromatic rings. The van der Waals surface area contributed by atoms with Crippen molar-refractivity contribution < 1.29 is 0 Å². The lowest BCUT2D eigenvalue weighted by molar-refractivity contribution is 0.588. The van der Waals surface area contributed by atoms with Gasteiger partial charge >= 0.3 is 0 Å². The highest BCUT2D eigenvalue weighted by Gasteiger charge is 2.03. The Kier molecular flexibility index (Phi) is 4.61. The maximum Gasteiger partial charge on any atom is 0.0372 e. The second kappa shape index (κ2) is 5.52. The van der Waals surface area contributed by atoms with Gasteiger partial charge in [-0.15, -0.1) is 0 Å². The van der Waals surface area contributed by atoms with Crippen LogP contribution in [0, 0.1) is 0 Å². The van der Waals surface area contributed by atoms with E-state index in [1.807, 2.05) is 14.1 Å². The van der Waals surface area contributed by atoms with Gasteiger partial charge in [-0.1, -0.05) is 35.8 Å². The SMILES string of the molecule is CC(C)NCc1ccc(N(C)C)cc1Br. The van der Waals surface area contributed by atoms with Crippen molar-refractivity contribution in [2.45, 2.75) is 26.4 Å². The molecular weight excluding hydrogens is 252 g/mol. The highest BCUT2D eigenvalue weighted by Crippen LogP contribution is 2.22. The van der Waals surface area contributed by atoms with Gasteiger partial charge in [0.2, 0.25) is 0 Å². The maximum absolute atomic E-state index is 3.60. The first-order valence-corrected chi connectivity index (χ1v) is 5.99. The van der Waals surface area contributed by atoms with Gasteiger partial charge in [0.25, 0.3) is 0 Å². The van der Waals surface area contributed by atoms with E-state index in [4.69, 9.17) is 0 Å². The van der Waals surface area contributed by atoms with E-state index in [9.17, 15) is 0 Å². The summed E-state index contributed by atoms with van der Waals surface area (Å²) in [5, 5.41) is 3.41. The number of nitrogens with zero attached hydrogens (tertiary/aromatic N) is 1. The third-order valence-electron chi connectivity index (χ3n) is 2.25.